The molecule has 0 saturated heterocycles. The number of benzene rings is 1. The number of alkyl halides is 1. The number of hydrogen-bond acceptors (Lipinski definition) is 2. The van der Waals surface area contributed by atoms with Gasteiger partial charge in [-0.2, -0.15) is 0 Å². The standard InChI is InChI=1S/C11H12BrNO2/c1-13-9-3-2-7(10(14)6-12)4-8(9)5-11(13)15/h2-4,10,14H,5-6H2,1H3. The number of anilines is 1. The van der Waals surface area contributed by atoms with Crippen LogP contribution in [-0.2, 0) is 11.2 Å². The van der Waals surface area contributed by atoms with Crippen molar-refractivity contribution in [3.8, 4) is 0 Å². The summed E-state index contributed by atoms with van der Waals surface area (Å²) in [4.78, 5) is 13.1. The predicted molar refractivity (Wildman–Crippen MR) is 62.3 cm³/mol. The second-order valence-electron chi connectivity index (χ2n) is 3.69. The maximum atomic E-state index is 11.4. The topological polar surface area (TPSA) is 40.5 Å². The van der Waals surface area contributed by atoms with Crippen LogP contribution in [-0.4, -0.2) is 23.4 Å². The van der Waals surface area contributed by atoms with Gasteiger partial charge in [-0.1, -0.05) is 28.1 Å². The molecule has 0 bridgehead atoms. The highest BCUT2D eigenvalue weighted by Gasteiger charge is 2.24. The van der Waals surface area contributed by atoms with E-state index < -0.39 is 6.10 Å². The van der Waals surface area contributed by atoms with Crippen molar-refractivity contribution < 1.29 is 9.90 Å². The Morgan fingerprint density at radius 1 is 1.60 bits per heavy atom. The molecule has 0 aliphatic carbocycles. The van der Waals surface area contributed by atoms with Crippen LogP contribution in [0.4, 0.5) is 5.69 Å². The van der Waals surface area contributed by atoms with Gasteiger partial charge in [-0.3, -0.25) is 4.79 Å². The van der Waals surface area contributed by atoms with Crippen LogP contribution < -0.4 is 4.90 Å². The van der Waals surface area contributed by atoms with Gasteiger partial charge < -0.3 is 10.0 Å². The quantitative estimate of drug-likeness (QED) is 0.830. The van der Waals surface area contributed by atoms with Gasteiger partial charge in [-0.15, -0.1) is 0 Å². The van der Waals surface area contributed by atoms with Gasteiger partial charge in [-0.05, 0) is 17.2 Å². The van der Waals surface area contributed by atoms with Crippen molar-refractivity contribution in [3.63, 3.8) is 0 Å². The first kappa shape index (κ1) is 10.6. The number of likely N-dealkylation sites (N-methyl/N-ethyl adjacent to an activating group) is 1. The molecule has 0 aromatic heterocycles. The van der Waals surface area contributed by atoms with Gasteiger partial charge in [-0.25, -0.2) is 0 Å². The molecule has 1 aromatic carbocycles. The summed E-state index contributed by atoms with van der Waals surface area (Å²) in [7, 11) is 1.77. The number of aliphatic hydroxyl groups excluding tert-OH is 1. The van der Waals surface area contributed by atoms with E-state index in [0.29, 0.717) is 11.8 Å². The van der Waals surface area contributed by atoms with Crippen LogP contribution in [0.15, 0.2) is 18.2 Å². The smallest absolute Gasteiger partial charge is 0.231 e. The monoisotopic (exact) mass is 269 g/mol. The summed E-state index contributed by atoms with van der Waals surface area (Å²) < 4.78 is 0. The number of carbonyl (C=O) groups is 1. The third-order valence-corrected chi connectivity index (χ3v) is 3.32. The first-order valence-electron chi connectivity index (χ1n) is 4.77. The van der Waals surface area contributed by atoms with E-state index in [1.807, 2.05) is 18.2 Å². The third kappa shape index (κ3) is 1.79. The average molecular weight is 270 g/mol. The third-order valence-electron chi connectivity index (χ3n) is 2.71. The summed E-state index contributed by atoms with van der Waals surface area (Å²) in [5, 5.41) is 10.2. The molecule has 1 heterocycles. The van der Waals surface area contributed by atoms with Gasteiger partial charge in [0, 0.05) is 18.1 Å². The van der Waals surface area contributed by atoms with Crippen molar-refractivity contribution in [2.45, 2.75) is 12.5 Å². The number of fused-ring (bicyclic) bond motifs is 1. The van der Waals surface area contributed by atoms with Gasteiger partial charge in [0.1, 0.15) is 0 Å². The van der Waals surface area contributed by atoms with E-state index in [0.717, 1.165) is 16.8 Å². The number of amides is 1. The molecule has 3 nitrogen and oxygen atoms in total. The lowest BCUT2D eigenvalue weighted by Gasteiger charge is -2.12. The molecule has 1 aliphatic heterocycles. The molecule has 1 aromatic rings. The summed E-state index contributed by atoms with van der Waals surface area (Å²) in [5.74, 6) is 0.107. The van der Waals surface area contributed by atoms with Crippen molar-refractivity contribution in [2.24, 2.45) is 0 Å². The van der Waals surface area contributed by atoms with Crippen LogP contribution in [0.5, 0.6) is 0 Å². The largest absolute Gasteiger partial charge is 0.388 e. The fourth-order valence-corrected chi connectivity index (χ4v) is 2.16. The number of halogens is 1. The number of nitrogens with zero attached hydrogens (tertiary/aromatic N) is 1. The van der Waals surface area contributed by atoms with Crippen LogP contribution >= 0.6 is 15.9 Å². The molecule has 0 saturated carbocycles. The van der Waals surface area contributed by atoms with E-state index in [2.05, 4.69) is 15.9 Å². The second-order valence-corrected chi connectivity index (χ2v) is 4.34. The first-order valence-corrected chi connectivity index (χ1v) is 5.89. The molecular weight excluding hydrogens is 258 g/mol. The summed E-state index contributed by atoms with van der Waals surface area (Å²) in [6.45, 7) is 0. The number of rotatable bonds is 2. The predicted octanol–water partition coefficient (Wildman–Crippen LogP) is 1.63. The lowest BCUT2D eigenvalue weighted by Crippen LogP contribution is -2.20. The summed E-state index contributed by atoms with van der Waals surface area (Å²) in [6.07, 6.45) is -0.0643. The lowest BCUT2D eigenvalue weighted by molar-refractivity contribution is -0.117. The van der Waals surface area contributed by atoms with E-state index in [1.165, 1.54) is 0 Å². The SMILES string of the molecule is CN1C(=O)Cc2cc(C(O)CBr)ccc21. The molecule has 1 amide bonds. The number of carbonyl (C=O) groups excluding carboxylic acids is 1. The van der Waals surface area contributed by atoms with Crippen LogP contribution in [0.25, 0.3) is 0 Å². The Morgan fingerprint density at radius 2 is 2.33 bits per heavy atom. The Morgan fingerprint density at radius 3 is 3.00 bits per heavy atom. The highest BCUT2D eigenvalue weighted by molar-refractivity contribution is 9.09. The molecule has 1 atom stereocenters. The van der Waals surface area contributed by atoms with Crippen molar-refractivity contribution in [1.29, 1.82) is 0 Å². The Kier molecular flexibility index (Phi) is 2.80. The van der Waals surface area contributed by atoms with Crippen molar-refractivity contribution >= 4 is 27.5 Å². The maximum Gasteiger partial charge on any atom is 0.231 e. The second kappa shape index (κ2) is 3.94. The molecule has 1 unspecified atom stereocenters. The summed E-state index contributed by atoms with van der Waals surface area (Å²) in [6, 6.07) is 5.66. The van der Waals surface area contributed by atoms with Crippen LogP contribution in [0.1, 0.15) is 17.2 Å². The molecule has 80 valence electrons. The van der Waals surface area contributed by atoms with Crippen molar-refractivity contribution in [3.05, 3.63) is 29.3 Å². The van der Waals surface area contributed by atoms with Crippen molar-refractivity contribution in [2.75, 3.05) is 17.3 Å². The minimum atomic E-state index is -0.503. The fourth-order valence-electron chi connectivity index (χ4n) is 1.79. The summed E-state index contributed by atoms with van der Waals surface area (Å²) >= 11 is 3.23. The minimum Gasteiger partial charge on any atom is -0.388 e. The Labute approximate surface area is 96.8 Å². The number of hydrogen-bond donors (Lipinski definition) is 1. The summed E-state index contributed by atoms with van der Waals surface area (Å²) in [5.41, 5.74) is 2.80. The molecule has 1 N–H and O–H groups in total. The Balaban J connectivity index is 2.37. The van der Waals surface area contributed by atoms with Gasteiger partial charge in [0.2, 0.25) is 5.91 Å². The van der Waals surface area contributed by atoms with Crippen LogP contribution in [0.3, 0.4) is 0 Å². The molecule has 1 aliphatic rings. The minimum absolute atomic E-state index is 0.107. The number of aliphatic hydroxyl groups is 1. The maximum absolute atomic E-state index is 11.4. The molecule has 0 spiro atoms. The zero-order chi connectivity index (χ0) is 11.0. The van der Waals surface area contributed by atoms with Crippen molar-refractivity contribution in [1.82, 2.24) is 0 Å². The molecule has 4 heteroatoms. The van der Waals surface area contributed by atoms with E-state index in [-0.39, 0.29) is 5.91 Å². The highest BCUT2D eigenvalue weighted by Crippen LogP contribution is 2.30. The van der Waals surface area contributed by atoms with E-state index in [1.54, 1.807) is 11.9 Å². The normalized spacial score (nSPS) is 16.7. The molecular formula is C11H12BrNO2. The fraction of sp³-hybridized carbons (Fsp3) is 0.364. The Bertz CT molecular complexity index is 406. The highest BCUT2D eigenvalue weighted by atomic mass is 79.9. The zero-order valence-corrected chi connectivity index (χ0v) is 9.99. The van der Waals surface area contributed by atoms with E-state index >= 15 is 0 Å². The molecule has 0 fully saturated rings. The van der Waals surface area contributed by atoms with Gasteiger partial charge in [0.25, 0.3) is 0 Å². The zero-order valence-electron chi connectivity index (χ0n) is 8.40. The van der Waals surface area contributed by atoms with E-state index in [4.69, 9.17) is 0 Å². The van der Waals surface area contributed by atoms with Gasteiger partial charge in [0.05, 0.1) is 12.5 Å². The molecule has 0 radical (unpaired) electrons. The van der Waals surface area contributed by atoms with E-state index in [9.17, 15) is 9.90 Å². The average Bonchev–Trinajstić information content (AvgIpc) is 2.53. The van der Waals surface area contributed by atoms with Gasteiger partial charge in [0.15, 0.2) is 0 Å². The Hall–Kier alpha value is -0.870. The van der Waals surface area contributed by atoms with Gasteiger partial charge >= 0.3 is 0 Å². The van der Waals surface area contributed by atoms with Crippen LogP contribution in [0, 0.1) is 0 Å². The molecule has 15 heavy (non-hydrogen) atoms. The molecule has 2 rings (SSSR count). The lowest BCUT2D eigenvalue weighted by atomic mass is 10.1. The first-order chi connectivity index (χ1) is 7.13. The van der Waals surface area contributed by atoms with Crippen LogP contribution in [0.2, 0.25) is 0 Å².